The van der Waals surface area contributed by atoms with Gasteiger partial charge in [-0.3, -0.25) is 4.90 Å². The van der Waals surface area contributed by atoms with Gasteiger partial charge in [-0.15, -0.1) is 11.8 Å². The standard InChI is InChI=1S/C11H14N2OS/c1-15-10-5-3-9(4-6-10)13-8-2-7-12-11(13)14/h3-6H,2,7-8H2,1H3,(H,12,14). The molecule has 1 aromatic rings. The van der Waals surface area contributed by atoms with Crippen molar-refractivity contribution in [1.29, 1.82) is 0 Å². The molecule has 0 saturated carbocycles. The molecular weight excluding hydrogens is 208 g/mol. The van der Waals surface area contributed by atoms with Gasteiger partial charge in [0.1, 0.15) is 0 Å². The van der Waals surface area contributed by atoms with Gasteiger partial charge in [-0.2, -0.15) is 0 Å². The summed E-state index contributed by atoms with van der Waals surface area (Å²) in [5, 5.41) is 2.84. The zero-order chi connectivity index (χ0) is 10.7. The van der Waals surface area contributed by atoms with Gasteiger partial charge in [0.25, 0.3) is 0 Å². The fourth-order valence-corrected chi connectivity index (χ4v) is 2.05. The Bertz CT molecular complexity index is 350. The summed E-state index contributed by atoms with van der Waals surface area (Å²) >= 11 is 1.71. The molecular formula is C11H14N2OS. The second-order valence-corrected chi connectivity index (χ2v) is 4.31. The Kier molecular flexibility index (Phi) is 3.16. The summed E-state index contributed by atoms with van der Waals surface area (Å²) in [6, 6.07) is 8.09. The minimum absolute atomic E-state index is 0.0122. The molecule has 1 fully saturated rings. The molecule has 2 rings (SSSR count). The summed E-state index contributed by atoms with van der Waals surface area (Å²) < 4.78 is 0. The van der Waals surface area contributed by atoms with E-state index in [4.69, 9.17) is 0 Å². The molecule has 1 heterocycles. The maximum Gasteiger partial charge on any atom is 0.321 e. The Morgan fingerprint density at radius 3 is 2.67 bits per heavy atom. The van der Waals surface area contributed by atoms with E-state index in [0.29, 0.717) is 0 Å². The lowest BCUT2D eigenvalue weighted by molar-refractivity contribution is 0.243. The van der Waals surface area contributed by atoms with Gasteiger partial charge in [0, 0.05) is 23.7 Å². The lowest BCUT2D eigenvalue weighted by atomic mass is 10.2. The molecule has 1 aromatic carbocycles. The molecule has 0 aliphatic carbocycles. The SMILES string of the molecule is CSc1ccc(N2CCCNC2=O)cc1. The first-order valence-electron chi connectivity index (χ1n) is 5.00. The van der Waals surface area contributed by atoms with Crippen LogP contribution in [0.4, 0.5) is 10.5 Å². The van der Waals surface area contributed by atoms with Gasteiger partial charge in [0.05, 0.1) is 0 Å². The number of anilines is 1. The van der Waals surface area contributed by atoms with Crippen LogP contribution >= 0.6 is 11.8 Å². The number of carbonyl (C=O) groups is 1. The third-order valence-electron chi connectivity index (χ3n) is 2.46. The van der Waals surface area contributed by atoms with Crippen molar-refractivity contribution in [3.05, 3.63) is 24.3 Å². The second kappa shape index (κ2) is 4.57. The molecule has 1 aliphatic rings. The van der Waals surface area contributed by atoms with Crippen LogP contribution in [0.2, 0.25) is 0 Å². The summed E-state index contributed by atoms with van der Waals surface area (Å²) in [6.07, 6.45) is 3.05. The van der Waals surface area contributed by atoms with E-state index in [1.54, 1.807) is 16.7 Å². The van der Waals surface area contributed by atoms with Crippen molar-refractivity contribution in [2.45, 2.75) is 11.3 Å². The summed E-state index contributed by atoms with van der Waals surface area (Å²) in [7, 11) is 0. The summed E-state index contributed by atoms with van der Waals surface area (Å²) in [4.78, 5) is 14.6. The summed E-state index contributed by atoms with van der Waals surface area (Å²) in [5.74, 6) is 0. The molecule has 1 N–H and O–H groups in total. The molecule has 0 aromatic heterocycles. The highest BCUT2D eigenvalue weighted by molar-refractivity contribution is 7.98. The van der Waals surface area contributed by atoms with Crippen LogP contribution in [0.1, 0.15) is 6.42 Å². The smallest absolute Gasteiger partial charge is 0.321 e. The molecule has 4 heteroatoms. The van der Waals surface area contributed by atoms with Gasteiger partial charge in [0.15, 0.2) is 0 Å². The summed E-state index contributed by atoms with van der Waals surface area (Å²) in [5.41, 5.74) is 0.977. The minimum atomic E-state index is 0.0122. The average Bonchev–Trinajstić information content (AvgIpc) is 2.30. The van der Waals surface area contributed by atoms with Gasteiger partial charge in [-0.25, -0.2) is 4.79 Å². The van der Waals surface area contributed by atoms with E-state index < -0.39 is 0 Å². The first-order chi connectivity index (χ1) is 7.31. The number of hydrogen-bond acceptors (Lipinski definition) is 2. The topological polar surface area (TPSA) is 32.3 Å². The first-order valence-corrected chi connectivity index (χ1v) is 6.23. The predicted molar refractivity (Wildman–Crippen MR) is 63.6 cm³/mol. The van der Waals surface area contributed by atoms with Crippen LogP contribution in [0, 0.1) is 0 Å². The molecule has 0 bridgehead atoms. The maximum absolute atomic E-state index is 11.6. The predicted octanol–water partition coefficient (Wildman–Crippen LogP) is 2.33. The Hall–Kier alpha value is -1.16. The van der Waals surface area contributed by atoms with Crippen molar-refractivity contribution in [3.63, 3.8) is 0 Å². The van der Waals surface area contributed by atoms with E-state index in [-0.39, 0.29) is 6.03 Å². The van der Waals surface area contributed by atoms with E-state index in [1.807, 2.05) is 30.5 Å². The van der Waals surface area contributed by atoms with Crippen LogP contribution in [0.15, 0.2) is 29.2 Å². The van der Waals surface area contributed by atoms with Crippen molar-refractivity contribution in [1.82, 2.24) is 5.32 Å². The van der Waals surface area contributed by atoms with Crippen LogP contribution in [0.3, 0.4) is 0 Å². The fourth-order valence-electron chi connectivity index (χ4n) is 1.64. The zero-order valence-electron chi connectivity index (χ0n) is 8.69. The number of benzene rings is 1. The molecule has 0 unspecified atom stereocenters. The van der Waals surface area contributed by atoms with Crippen LogP contribution in [-0.2, 0) is 0 Å². The minimum Gasteiger partial charge on any atom is -0.338 e. The number of amides is 2. The molecule has 0 atom stereocenters. The van der Waals surface area contributed by atoms with Crippen molar-refractivity contribution in [2.24, 2.45) is 0 Å². The van der Waals surface area contributed by atoms with Crippen LogP contribution < -0.4 is 10.2 Å². The van der Waals surface area contributed by atoms with Crippen LogP contribution in [-0.4, -0.2) is 25.4 Å². The zero-order valence-corrected chi connectivity index (χ0v) is 9.51. The molecule has 1 saturated heterocycles. The van der Waals surface area contributed by atoms with Crippen molar-refractivity contribution < 1.29 is 4.79 Å². The number of nitrogens with one attached hydrogen (secondary N) is 1. The molecule has 0 radical (unpaired) electrons. The lowest BCUT2D eigenvalue weighted by Crippen LogP contribution is -2.46. The van der Waals surface area contributed by atoms with Crippen molar-refractivity contribution >= 4 is 23.5 Å². The number of nitrogens with zero attached hydrogens (tertiary/aromatic N) is 1. The van der Waals surface area contributed by atoms with Crippen LogP contribution in [0.25, 0.3) is 0 Å². The van der Waals surface area contributed by atoms with E-state index >= 15 is 0 Å². The Balaban J connectivity index is 2.17. The molecule has 2 amide bonds. The number of hydrogen-bond donors (Lipinski definition) is 1. The van der Waals surface area contributed by atoms with Gasteiger partial charge >= 0.3 is 6.03 Å². The van der Waals surface area contributed by atoms with Crippen molar-refractivity contribution in [3.8, 4) is 0 Å². The first kappa shape index (κ1) is 10.4. The van der Waals surface area contributed by atoms with Gasteiger partial charge in [0.2, 0.25) is 0 Å². The highest BCUT2D eigenvalue weighted by atomic mass is 32.2. The maximum atomic E-state index is 11.6. The van der Waals surface area contributed by atoms with Crippen LogP contribution in [0.5, 0.6) is 0 Å². The third-order valence-corrected chi connectivity index (χ3v) is 3.21. The van der Waals surface area contributed by atoms with Crippen molar-refractivity contribution in [2.75, 3.05) is 24.2 Å². The largest absolute Gasteiger partial charge is 0.338 e. The highest BCUT2D eigenvalue weighted by Crippen LogP contribution is 2.21. The van der Waals surface area contributed by atoms with Gasteiger partial charge in [-0.1, -0.05) is 0 Å². The van der Waals surface area contributed by atoms with Gasteiger partial charge in [-0.05, 0) is 36.9 Å². The molecule has 3 nitrogen and oxygen atoms in total. The average molecular weight is 222 g/mol. The Labute approximate surface area is 93.8 Å². The van der Waals surface area contributed by atoms with E-state index in [9.17, 15) is 4.79 Å². The monoisotopic (exact) mass is 222 g/mol. The molecule has 15 heavy (non-hydrogen) atoms. The highest BCUT2D eigenvalue weighted by Gasteiger charge is 2.18. The number of carbonyl (C=O) groups excluding carboxylic acids is 1. The fraction of sp³-hybridized carbons (Fsp3) is 0.364. The van der Waals surface area contributed by atoms with E-state index in [2.05, 4.69) is 5.32 Å². The third kappa shape index (κ3) is 2.26. The summed E-state index contributed by atoms with van der Waals surface area (Å²) in [6.45, 7) is 1.60. The van der Waals surface area contributed by atoms with E-state index in [1.165, 1.54) is 4.90 Å². The quantitative estimate of drug-likeness (QED) is 0.779. The normalized spacial score (nSPS) is 16.3. The Morgan fingerprint density at radius 1 is 1.33 bits per heavy atom. The Morgan fingerprint density at radius 2 is 2.07 bits per heavy atom. The second-order valence-electron chi connectivity index (χ2n) is 3.44. The number of rotatable bonds is 2. The number of urea groups is 1. The molecule has 80 valence electrons. The lowest BCUT2D eigenvalue weighted by Gasteiger charge is -2.27. The number of thioether (sulfide) groups is 1. The van der Waals surface area contributed by atoms with E-state index in [0.717, 1.165) is 25.2 Å². The molecule has 1 aliphatic heterocycles. The molecule has 0 spiro atoms. The van der Waals surface area contributed by atoms with Gasteiger partial charge < -0.3 is 5.32 Å².